The number of phenolic OH excluding ortho intramolecular Hbond substituents is 1. The lowest BCUT2D eigenvalue weighted by molar-refractivity contribution is -0.119. The Morgan fingerprint density at radius 3 is 2.54 bits per heavy atom. The first kappa shape index (κ1) is 18.0. The summed E-state index contributed by atoms with van der Waals surface area (Å²) in [6.07, 6.45) is 0. The van der Waals surface area contributed by atoms with E-state index in [0.717, 1.165) is 21.9 Å². The Hall–Kier alpha value is -2.35. The first-order valence-electron chi connectivity index (χ1n) is 7.27. The topological polar surface area (TPSA) is 104 Å². The summed E-state index contributed by atoms with van der Waals surface area (Å²) >= 11 is 3.44. The highest BCUT2D eigenvalue weighted by atomic mass is 79.9. The molecule has 0 radical (unpaired) electrons. The summed E-state index contributed by atoms with van der Waals surface area (Å²) in [5.74, 6) is -2.12. The molecule has 2 aromatic rings. The Balaban J connectivity index is 2.09. The first-order valence-corrected chi connectivity index (χ1v) is 8.06. The number of aromatic hydroxyl groups is 1. The predicted molar refractivity (Wildman–Crippen MR) is 92.3 cm³/mol. The standard InChI is InChI=1S/C16H18BrN3O4/c1-8(7-20-10(3)14(17)9(2)19-20)15(22)18-12-5-4-11(16(23)24)6-13(12)21/h4-6,8,21H,7H2,1-3H3,(H,18,22)(H,23,24)/t8-/m1/s1. The molecule has 1 atom stereocenters. The van der Waals surface area contributed by atoms with Crippen molar-refractivity contribution in [3.05, 3.63) is 39.6 Å². The maximum Gasteiger partial charge on any atom is 0.335 e. The van der Waals surface area contributed by atoms with Gasteiger partial charge in [-0.15, -0.1) is 0 Å². The van der Waals surface area contributed by atoms with Crippen molar-refractivity contribution in [2.75, 3.05) is 5.32 Å². The van der Waals surface area contributed by atoms with E-state index in [1.807, 2.05) is 13.8 Å². The van der Waals surface area contributed by atoms with Gasteiger partial charge in [0.05, 0.1) is 33.9 Å². The number of carboxylic acids is 1. The van der Waals surface area contributed by atoms with E-state index in [-0.39, 0.29) is 22.9 Å². The fraction of sp³-hybridized carbons (Fsp3) is 0.312. The van der Waals surface area contributed by atoms with Crippen molar-refractivity contribution < 1.29 is 19.8 Å². The molecule has 0 aliphatic heterocycles. The van der Waals surface area contributed by atoms with Crippen LogP contribution in [-0.4, -0.2) is 31.9 Å². The van der Waals surface area contributed by atoms with Gasteiger partial charge >= 0.3 is 5.97 Å². The number of nitrogens with zero attached hydrogens (tertiary/aromatic N) is 2. The molecule has 0 fully saturated rings. The normalized spacial score (nSPS) is 12.0. The average Bonchev–Trinajstić information content (AvgIpc) is 2.76. The summed E-state index contributed by atoms with van der Waals surface area (Å²) in [5, 5.41) is 25.7. The highest BCUT2D eigenvalue weighted by Gasteiger charge is 2.18. The Kier molecular flexibility index (Phi) is 5.28. The van der Waals surface area contributed by atoms with E-state index in [9.17, 15) is 14.7 Å². The van der Waals surface area contributed by atoms with E-state index >= 15 is 0 Å². The average molecular weight is 396 g/mol. The molecule has 1 aromatic carbocycles. The van der Waals surface area contributed by atoms with Crippen LogP contribution < -0.4 is 5.32 Å². The van der Waals surface area contributed by atoms with Crippen LogP contribution in [0.15, 0.2) is 22.7 Å². The van der Waals surface area contributed by atoms with E-state index in [1.165, 1.54) is 12.1 Å². The van der Waals surface area contributed by atoms with Gasteiger partial charge in [0.2, 0.25) is 5.91 Å². The van der Waals surface area contributed by atoms with Crippen LogP contribution in [0.5, 0.6) is 5.75 Å². The van der Waals surface area contributed by atoms with Crippen molar-refractivity contribution in [3.8, 4) is 5.75 Å². The second-order valence-electron chi connectivity index (χ2n) is 5.59. The number of carbonyl (C=O) groups is 2. The zero-order chi connectivity index (χ0) is 18.0. The smallest absolute Gasteiger partial charge is 0.335 e. The Labute approximate surface area is 147 Å². The highest BCUT2D eigenvalue weighted by Crippen LogP contribution is 2.25. The number of nitrogens with one attached hydrogen (secondary N) is 1. The molecule has 8 heteroatoms. The number of aryl methyl sites for hydroxylation is 1. The first-order chi connectivity index (χ1) is 11.2. The quantitative estimate of drug-likeness (QED) is 0.675. The third kappa shape index (κ3) is 3.76. The second-order valence-corrected chi connectivity index (χ2v) is 6.39. The van der Waals surface area contributed by atoms with Gasteiger partial charge in [0.25, 0.3) is 0 Å². The minimum atomic E-state index is -1.15. The zero-order valence-electron chi connectivity index (χ0n) is 13.5. The molecule has 128 valence electrons. The lowest BCUT2D eigenvalue weighted by atomic mass is 10.1. The van der Waals surface area contributed by atoms with Crippen LogP contribution in [0, 0.1) is 19.8 Å². The number of phenols is 1. The maximum absolute atomic E-state index is 12.3. The molecule has 3 N–H and O–H groups in total. The van der Waals surface area contributed by atoms with Crippen LogP contribution in [0.4, 0.5) is 5.69 Å². The van der Waals surface area contributed by atoms with Gasteiger partial charge in [-0.3, -0.25) is 9.48 Å². The van der Waals surface area contributed by atoms with Crippen LogP contribution in [0.2, 0.25) is 0 Å². The monoisotopic (exact) mass is 395 g/mol. The lowest BCUT2D eigenvalue weighted by Crippen LogP contribution is -2.25. The number of hydrogen-bond donors (Lipinski definition) is 3. The Bertz CT molecular complexity index is 801. The number of aromatic carboxylic acids is 1. The summed E-state index contributed by atoms with van der Waals surface area (Å²) < 4.78 is 2.66. The van der Waals surface area contributed by atoms with Gasteiger partial charge in [0.15, 0.2) is 0 Å². The number of hydrogen-bond acceptors (Lipinski definition) is 4. The fourth-order valence-electron chi connectivity index (χ4n) is 2.22. The van der Waals surface area contributed by atoms with Gasteiger partial charge in [0, 0.05) is 5.69 Å². The predicted octanol–water partition coefficient (Wildman–Crippen LogP) is 2.94. The van der Waals surface area contributed by atoms with Crippen molar-refractivity contribution in [1.82, 2.24) is 9.78 Å². The van der Waals surface area contributed by atoms with Crippen LogP contribution in [0.1, 0.15) is 28.7 Å². The van der Waals surface area contributed by atoms with Gasteiger partial charge in [-0.05, 0) is 48.0 Å². The van der Waals surface area contributed by atoms with E-state index in [2.05, 4.69) is 26.3 Å². The molecule has 1 amide bonds. The van der Waals surface area contributed by atoms with Crippen molar-refractivity contribution in [3.63, 3.8) is 0 Å². The highest BCUT2D eigenvalue weighted by molar-refractivity contribution is 9.10. The number of rotatable bonds is 5. The van der Waals surface area contributed by atoms with Crippen LogP contribution in [-0.2, 0) is 11.3 Å². The molecule has 0 saturated heterocycles. The minimum Gasteiger partial charge on any atom is -0.506 e. The summed E-state index contributed by atoms with van der Waals surface area (Å²) in [4.78, 5) is 23.1. The second kappa shape index (κ2) is 7.04. The fourth-order valence-corrected chi connectivity index (χ4v) is 2.51. The molecule has 0 aliphatic carbocycles. The Morgan fingerprint density at radius 2 is 2.04 bits per heavy atom. The van der Waals surface area contributed by atoms with Gasteiger partial charge in [0.1, 0.15) is 5.75 Å². The van der Waals surface area contributed by atoms with Crippen LogP contribution in [0.3, 0.4) is 0 Å². The van der Waals surface area contributed by atoms with Crippen molar-refractivity contribution in [2.24, 2.45) is 5.92 Å². The third-order valence-electron chi connectivity index (χ3n) is 3.69. The van der Waals surface area contributed by atoms with E-state index in [0.29, 0.717) is 6.54 Å². The summed E-state index contributed by atoms with van der Waals surface area (Å²) in [5.41, 5.74) is 1.90. The molecule has 1 heterocycles. The summed E-state index contributed by atoms with van der Waals surface area (Å²) in [6.45, 7) is 5.92. The number of halogens is 1. The van der Waals surface area contributed by atoms with E-state index < -0.39 is 11.9 Å². The molecule has 7 nitrogen and oxygen atoms in total. The molecule has 0 unspecified atom stereocenters. The largest absolute Gasteiger partial charge is 0.506 e. The number of anilines is 1. The van der Waals surface area contributed by atoms with Gasteiger partial charge in [-0.2, -0.15) is 5.10 Å². The number of amides is 1. The van der Waals surface area contributed by atoms with Crippen molar-refractivity contribution in [1.29, 1.82) is 0 Å². The number of aromatic nitrogens is 2. The lowest BCUT2D eigenvalue weighted by Gasteiger charge is -2.14. The SMILES string of the molecule is Cc1nn(C[C@@H](C)C(=O)Nc2ccc(C(=O)O)cc2O)c(C)c1Br. The molecule has 24 heavy (non-hydrogen) atoms. The van der Waals surface area contributed by atoms with Crippen LogP contribution in [0.25, 0.3) is 0 Å². The molecular weight excluding hydrogens is 378 g/mol. The van der Waals surface area contributed by atoms with Gasteiger partial charge in [-0.1, -0.05) is 6.92 Å². The summed E-state index contributed by atoms with van der Waals surface area (Å²) in [7, 11) is 0. The molecule has 0 aliphatic rings. The molecule has 0 spiro atoms. The molecule has 0 saturated carbocycles. The summed E-state index contributed by atoms with van der Waals surface area (Å²) in [6, 6.07) is 3.78. The third-order valence-corrected chi connectivity index (χ3v) is 4.84. The molecule has 1 aromatic heterocycles. The maximum atomic E-state index is 12.3. The molecule has 0 bridgehead atoms. The van der Waals surface area contributed by atoms with Crippen molar-refractivity contribution >= 4 is 33.5 Å². The van der Waals surface area contributed by atoms with Crippen molar-refractivity contribution in [2.45, 2.75) is 27.3 Å². The number of carboxylic acid groups (broad SMARTS) is 1. The minimum absolute atomic E-state index is 0.0500. The van der Waals surface area contributed by atoms with E-state index in [4.69, 9.17) is 5.11 Å². The Morgan fingerprint density at radius 1 is 1.38 bits per heavy atom. The molecular formula is C16H18BrN3O4. The number of carbonyl (C=O) groups excluding carboxylic acids is 1. The van der Waals surface area contributed by atoms with Gasteiger partial charge in [-0.25, -0.2) is 4.79 Å². The molecule has 2 rings (SSSR count). The van der Waals surface area contributed by atoms with Crippen LogP contribution >= 0.6 is 15.9 Å². The zero-order valence-corrected chi connectivity index (χ0v) is 15.1. The number of benzene rings is 1. The van der Waals surface area contributed by atoms with E-state index in [1.54, 1.807) is 11.6 Å². The van der Waals surface area contributed by atoms with Gasteiger partial charge < -0.3 is 15.5 Å².